The van der Waals surface area contributed by atoms with Crippen molar-refractivity contribution in [2.45, 2.75) is 52.7 Å². The van der Waals surface area contributed by atoms with Crippen LogP contribution < -0.4 is 10.6 Å². The summed E-state index contributed by atoms with van der Waals surface area (Å²) in [4.78, 5) is 6.79. The van der Waals surface area contributed by atoms with E-state index in [-0.39, 0.29) is 0 Å². The molecular formula is C15H32N4O. The molecule has 1 aliphatic heterocycles. The van der Waals surface area contributed by atoms with Gasteiger partial charge in [0.15, 0.2) is 5.96 Å². The lowest BCUT2D eigenvalue weighted by Gasteiger charge is -2.38. The molecule has 0 aromatic rings. The number of hydrogen-bond acceptors (Lipinski definition) is 3. The Morgan fingerprint density at radius 3 is 2.60 bits per heavy atom. The Bertz CT molecular complexity index is 306. The lowest BCUT2D eigenvalue weighted by Crippen LogP contribution is -2.53. The predicted molar refractivity (Wildman–Crippen MR) is 85.2 cm³/mol. The Kier molecular flexibility index (Phi) is 7.30. The highest BCUT2D eigenvalue weighted by molar-refractivity contribution is 5.79. The lowest BCUT2D eigenvalue weighted by atomic mass is 10.1. The van der Waals surface area contributed by atoms with Gasteiger partial charge in [-0.1, -0.05) is 13.8 Å². The van der Waals surface area contributed by atoms with Gasteiger partial charge in [-0.05, 0) is 26.7 Å². The minimum atomic E-state index is 0.416. The average Bonchev–Trinajstić information content (AvgIpc) is 2.43. The zero-order valence-corrected chi connectivity index (χ0v) is 13.9. The summed E-state index contributed by atoms with van der Waals surface area (Å²) in [6.45, 7) is 14.7. The van der Waals surface area contributed by atoms with Gasteiger partial charge in [-0.2, -0.15) is 0 Å². The first-order valence-electron chi connectivity index (χ1n) is 7.76. The molecule has 1 rings (SSSR count). The van der Waals surface area contributed by atoms with Gasteiger partial charge < -0.3 is 15.4 Å². The van der Waals surface area contributed by atoms with Gasteiger partial charge >= 0.3 is 0 Å². The minimum absolute atomic E-state index is 0.416. The van der Waals surface area contributed by atoms with Crippen LogP contribution >= 0.6 is 0 Å². The molecule has 1 fully saturated rings. The number of ether oxygens (including phenoxy) is 1. The van der Waals surface area contributed by atoms with Crippen molar-refractivity contribution in [3.05, 3.63) is 0 Å². The fraction of sp³-hybridized carbons (Fsp3) is 0.933. The van der Waals surface area contributed by atoms with Crippen molar-refractivity contribution in [3.8, 4) is 0 Å². The molecule has 0 aromatic heterocycles. The molecule has 1 saturated heterocycles. The van der Waals surface area contributed by atoms with Crippen LogP contribution in [0.15, 0.2) is 4.99 Å². The second kappa shape index (κ2) is 8.47. The van der Waals surface area contributed by atoms with E-state index < -0.39 is 0 Å². The van der Waals surface area contributed by atoms with Crippen molar-refractivity contribution in [1.82, 2.24) is 15.5 Å². The average molecular weight is 284 g/mol. The third kappa shape index (κ3) is 5.29. The molecule has 0 saturated carbocycles. The first-order valence-corrected chi connectivity index (χ1v) is 7.76. The van der Waals surface area contributed by atoms with Crippen LogP contribution in [0.1, 0.15) is 34.6 Å². The predicted octanol–water partition coefficient (Wildman–Crippen LogP) is 1.31. The molecule has 118 valence electrons. The van der Waals surface area contributed by atoms with Gasteiger partial charge in [0.2, 0.25) is 0 Å². The monoisotopic (exact) mass is 284 g/mol. The largest absolute Gasteiger partial charge is 0.379 e. The Hall–Kier alpha value is -0.810. The summed E-state index contributed by atoms with van der Waals surface area (Å²) >= 11 is 0. The van der Waals surface area contributed by atoms with Crippen molar-refractivity contribution in [1.29, 1.82) is 0 Å². The molecule has 0 spiro atoms. The fourth-order valence-electron chi connectivity index (χ4n) is 2.33. The number of guanidine groups is 1. The summed E-state index contributed by atoms with van der Waals surface area (Å²) in [6.07, 6.45) is 0. The molecule has 20 heavy (non-hydrogen) atoms. The second-order valence-corrected chi connectivity index (χ2v) is 6.14. The topological polar surface area (TPSA) is 48.9 Å². The van der Waals surface area contributed by atoms with E-state index >= 15 is 0 Å². The summed E-state index contributed by atoms with van der Waals surface area (Å²) in [5.41, 5.74) is 0. The normalized spacial score (nSPS) is 24.6. The van der Waals surface area contributed by atoms with Crippen LogP contribution in [0.3, 0.4) is 0 Å². The van der Waals surface area contributed by atoms with Crippen LogP contribution in [-0.4, -0.2) is 62.3 Å². The molecule has 2 N–H and O–H groups in total. The smallest absolute Gasteiger partial charge is 0.191 e. The van der Waals surface area contributed by atoms with Crippen LogP contribution in [-0.2, 0) is 4.74 Å². The third-order valence-electron chi connectivity index (χ3n) is 4.14. The molecule has 3 unspecified atom stereocenters. The standard InChI is InChI=1S/C15H32N4O/c1-11(2)14(5)18-15(16-6)17-9-12(3)19-7-8-20-10-13(19)4/h11-14H,7-10H2,1-6H3,(H2,16,17,18). The van der Waals surface area contributed by atoms with Crippen molar-refractivity contribution in [2.75, 3.05) is 33.4 Å². The first kappa shape index (κ1) is 17.2. The van der Waals surface area contributed by atoms with Gasteiger partial charge in [-0.15, -0.1) is 0 Å². The Morgan fingerprint density at radius 2 is 2.05 bits per heavy atom. The van der Waals surface area contributed by atoms with Gasteiger partial charge in [0.25, 0.3) is 0 Å². The van der Waals surface area contributed by atoms with E-state index in [1.165, 1.54) is 0 Å². The quantitative estimate of drug-likeness (QED) is 0.590. The maximum atomic E-state index is 5.49. The van der Waals surface area contributed by atoms with E-state index in [1.54, 1.807) is 0 Å². The molecule has 0 amide bonds. The van der Waals surface area contributed by atoms with E-state index in [2.05, 4.69) is 55.1 Å². The van der Waals surface area contributed by atoms with E-state index in [4.69, 9.17) is 4.74 Å². The molecule has 0 bridgehead atoms. The number of aliphatic imine (C=N–C) groups is 1. The summed E-state index contributed by atoms with van der Waals surface area (Å²) in [5, 5.41) is 6.86. The maximum absolute atomic E-state index is 5.49. The SMILES string of the molecule is CN=C(NCC(C)N1CCOCC1C)NC(C)C(C)C. The Labute approximate surface area is 124 Å². The molecule has 1 heterocycles. The maximum Gasteiger partial charge on any atom is 0.191 e. The minimum Gasteiger partial charge on any atom is -0.379 e. The van der Waals surface area contributed by atoms with Gasteiger partial charge in [0.1, 0.15) is 0 Å². The highest BCUT2D eigenvalue weighted by atomic mass is 16.5. The van der Waals surface area contributed by atoms with Crippen molar-refractivity contribution < 1.29 is 4.74 Å². The molecule has 0 aliphatic carbocycles. The van der Waals surface area contributed by atoms with E-state index in [0.29, 0.717) is 24.0 Å². The summed E-state index contributed by atoms with van der Waals surface area (Å²) in [5.74, 6) is 1.48. The van der Waals surface area contributed by atoms with E-state index in [9.17, 15) is 0 Å². The van der Waals surface area contributed by atoms with Gasteiger partial charge in [0.05, 0.1) is 13.2 Å². The van der Waals surface area contributed by atoms with E-state index in [0.717, 1.165) is 32.3 Å². The molecule has 3 atom stereocenters. The highest BCUT2D eigenvalue weighted by Crippen LogP contribution is 2.10. The second-order valence-electron chi connectivity index (χ2n) is 6.14. The third-order valence-corrected chi connectivity index (χ3v) is 4.14. The number of hydrogen-bond donors (Lipinski definition) is 2. The molecular weight excluding hydrogens is 252 g/mol. The van der Waals surface area contributed by atoms with Crippen LogP contribution in [0.4, 0.5) is 0 Å². The number of rotatable bonds is 5. The summed E-state index contributed by atoms with van der Waals surface area (Å²) in [6, 6.07) is 1.38. The Morgan fingerprint density at radius 1 is 1.35 bits per heavy atom. The van der Waals surface area contributed by atoms with Crippen LogP contribution in [0, 0.1) is 5.92 Å². The van der Waals surface area contributed by atoms with Crippen LogP contribution in [0.2, 0.25) is 0 Å². The number of morpholine rings is 1. The Balaban J connectivity index is 2.39. The van der Waals surface area contributed by atoms with Gasteiger partial charge in [-0.3, -0.25) is 9.89 Å². The summed E-state index contributed by atoms with van der Waals surface area (Å²) in [7, 11) is 1.82. The highest BCUT2D eigenvalue weighted by Gasteiger charge is 2.23. The number of nitrogens with zero attached hydrogens (tertiary/aromatic N) is 2. The van der Waals surface area contributed by atoms with Crippen molar-refractivity contribution in [2.24, 2.45) is 10.9 Å². The summed E-state index contributed by atoms with van der Waals surface area (Å²) < 4.78 is 5.49. The lowest BCUT2D eigenvalue weighted by molar-refractivity contribution is -0.0174. The van der Waals surface area contributed by atoms with Crippen LogP contribution in [0.5, 0.6) is 0 Å². The molecule has 0 radical (unpaired) electrons. The first-order chi connectivity index (χ1) is 9.45. The zero-order valence-electron chi connectivity index (χ0n) is 13.9. The molecule has 0 aromatic carbocycles. The fourth-order valence-corrected chi connectivity index (χ4v) is 2.33. The van der Waals surface area contributed by atoms with Crippen LogP contribution in [0.25, 0.3) is 0 Å². The molecule has 5 heteroatoms. The van der Waals surface area contributed by atoms with Gasteiger partial charge in [0, 0.05) is 38.3 Å². The zero-order chi connectivity index (χ0) is 15.1. The molecule has 1 aliphatic rings. The number of nitrogens with one attached hydrogen (secondary N) is 2. The van der Waals surface area contributed by atoms with Gasteiger partial charge in [-0.25, -0.2) is 0 Å². The van der Waals surface area contributed by atoms with Crippen molar-refractivity contribution >= 4 is 5.96 Å². The molecule has 5 nitrogen and oxygen atoms in total. The van der Waals surface area contributed by atoms with Crippen molar-refractivity contribution in [3.63, 3.8) is 0 Å². The van der Waals surface area contributed by atoms with E-state index in [1.807, 2.05) is 7.05 Å².